The molecule has 0 aromatic heterocycles. The van der Waals surface area contributed by atoms with Crippen molar-refractivity contribution in [2.24, 2.45) is 0 Å². The normalized spacial score (nSPS) is 28.4. The molecule has 1 N–H and O–H groups in total. The number of nitrogens with one attached hydrogen (secondary N) is 1. The fourth-order valence-electron chi connectivity index (χ4n) is 2.07. The van der Waals surface area contributed by atoms with Crippen molar-refractivity contribution in [2.75, 3.05) is 19.6 Å². The number of rotatable bonds is 3. The SMILES string of the molecule is C/C=C/CN1CC(C)(C)NCC1CC. The zero-order valence-corrected chi connectivity index (χ0v) is 10.0. The highest BCUT2D eigenvalue weighted by Gasteiger charge is 2.30. The standard InChI is InChI=1S/C12H24N2/c1-5-7-8-14-10-12(3,4)13-9-11(14)6-2/h5,7,11,13H,6,8-10H2,1-4H3/b7-5+. The first-order chi connectivity index (χ1) is 6.59. The van der Waals surface area contributed by atoms with Crippen molar-refractivity contribution >= 4 is 0 Å². The van der Waals surface area contributed by atoms with Crippen molar-refractivity contribution in [2.45, 2.75) is 45.7 Å². The van der Waals surface area contributed by atoms with Gasteiger partial charge < -0.3 is 5.32 Å². The third-order valence-electron chi connectivity index (χ3n) is 2.98. The van der Waals surface area contributed by atoms with Crippen LogP contribution in [-0.2, 0) is 0 Å². The van der Waals surface area contributed by atoms with Crippen molar-refractivity contribution in [3.8, 4) is 0 Å². The fraction of sp³-hybridized carbons (Fsp3) is 0.833. The van der Waals surface area contributed by atoms with Crippen LogP contribution in [0, 0.1) is 0 Å². The Morgan fingerprint density at radius 1 is 1.50 bits per heavy atom. The number of allylic oxidation sites excluding steroid dienone is 1. The largest absolute Gasteiger partial charge is 0.309 e. The van der Waals surface area contributed by atoms with Crippen LogP contribution in [0.4, 0.5) is 0 Å². The molecule has 0 aliphatic carbocycles. The second-order valence-electron chi connectivity index (χ2n) is 4.83. The molecule has 0 aromatic carbocycles. The van der Waals surface area contributed by atoms with Crippen LogP contribution in [0.15, 0.2) is 12.2 Å². The Hall–Kier alpha value is -0.340. The zero-order valence-electron chi connectivity index (χ0n) is 10.0. The summed E-state index contributed by atoms with van der Waals surface area (Å²) in [5.74, 6) is 0. The first kappa shape index (κ1) is 11.7. The monoisotopic (exact) mass is 196 g/mol. The summed E-state index contributed by atoms with van der Waals surface area (Å²) >= 11 is 0. The highest BCUT2D eigenvalue weighted by molar-refractivity contribution is 4.94. The van der Waals surface area contributed by atoms with Crippen LogP contribution < -0.4 is 5.32 Å². The Bertz CT molecular complexity index is 196. The third kappa shape index (κ3) is 3.10. The molecule has 2 nitrogen and oxygen atoms in total. The van der Waals surface area contributed by atoms with E-state index in [2.05, 4.69) is 50.1 Å². The van der Waals surface area contributed by atoms with E-state index in [1.165, 1.54) is 6.42 Å². The summed E-state index contributed by atoms with van der Waals surface area (Å²) in [6.45, 7) is 12.3. The second kappa shape index (κ2) is 4.94. The smallest absolute Gasteiger partial charge is 0.0253 e. The maximum absolute atomic E-state index is 3.60. The van der Waals surface area contributed by atoms with Gasteiger partial charge in [0, 0.05) is 31.2 Å². The van der Waals surface area contributed by atoms with E-state index >= 15 is 0 Å². The average Bonchev–Trinajstić information content (AvgIpc) is 2.14. The van der Waals surface area contributed by atoms with Gasteiger partial charge in [0.1, 0.15) is 0 Å². The predicted molar refractivity (Wildman–Crippen MR) is 62.5 cm³/mol. The molecule has 1 rings (SSSR count). The van der Waals surface area contributed by atoms with Gasteiger partial charge in [-0.15, -0.1) is 0 Å². The van der Waals surface area contributed by atoms with Gasteiger partial charge >= 0.3 is 0 Å². The van der Waals surface area contributed by atoms with Crippen molar-refractivity contribution in [3.63, 3.8) is 0 Å². The summed E-state index contributed by atoms with van der Waals surface area (Å²) in [5, 5.41) is 3.60. The van der Waals surface area contributed by atoms with Gasteiger partial charge in [-0.05, 0) is 27.2 Å². The summed E-state index contributed by atoms with van der Waals surface area (Å²) in [4.78, 5) is 2.58. The van der Waals surface area contributed by atoms with Crippen LogP contribution in [0.2, 0.25) is 0 Å². The Balaban J connectivity index is 2.56. The van der Waals surface area contributed by atoms with Gasteiger partial charge in [0.2, 0.25) is 0 Å². The molecule has 1 unspecified atom stereocenters. The maximum Gasteiger partial charge on any atom is 0.0253 e. The maximum atomic E-state index is 3.60. The number of hydrogen-bond acceptors (Lipinski definition) is 2. The molecule has 2 heteroatoms. The van der Waals surface area contributed by atoms with Gasteiger partial charge in [-0.1, -0.05) is 19.1 Å². The van der Waals surface area contributed by atoms with Crippen molar-refractivity contribution in [1.82, 2.24) is 10.2 Å². The van der Waals surface area contributed by atoms with E-state index in [0.717, 1.165) is 19.6 Å². The molecule has 0 spiro atoms. The summed E-state index contributed by atoms with van der Waals surface area (Å²) in [7, 11) is 0. The van der Waals surface area contributed by atoms with Crippen LogP contribution in [-0.4, -0.2) is 36.1 Å². The summed E-state index contributed by atoms with van der Waals surface area (Å²) in [6, 6.07) is 0.708. The van der Waals surface area contributed by atoms with Gasteiger partial charge in [0.15, 0.2) is 0 Å². The van der Waals surface area contributed by atoms with E-state index in [4.69, 9.17) is 0 Å². The van der Waals surface area contributed by atoms with Crippen LogP contribution in [0.3, 0.4) is 0 Å². The lowest BCUT2D eigenvalue weighted by atomic mass is 9.97. The molecule has 1 heterocycles. The predicted octanol–water partition coefficient (Wildman–Crippen LogP) is 2.02. The Morgan fingerprint density at radius 3 is 2.79 bits per heavy atom. The Kier molecular flexibility index (Phi) is 4.14. The lowest BCUT2D eigenvalue weighted by molar-refractivity contribution is 0.105. The van der Waals surface area contributed by atoms with E-state index < -0.39 is 0 Å². The lowest BCUT2D eigenvalue weighted by Gasteiger charge is -2.44. The van der Waals surface area contributed by atoms with Crippen LogP contribution in [0.25, 0.3) is 0 Å². The molecule has 1 aliphatic heterocycles. The van der Waals surface area contributed by atoms with E-state index in [0.29, 0.717) is 6.04 Å². The van der Waals surface area contributed by atoms with Crippen LogP contribution in [0.5, 0.6) is 0 Å². The molecule has 82 valence electrons. The summed E-state index contributed by atoms with van der Waals surface area (Å²) < 4.78 is 0. The van der Waals surface area contributed by atoms with Crippen molar-refractivity contribution < 1.29 is 0 Å². The Labute approximate surface area is 88.4 Å². The minimum atomic E-state index is 0.271. The van der Waals surface area contributed by atoms with E-state index in [-0.39, 0.29) is 5.54 Å². The van der Waals surface area contributed by atoms with Gasteiger partial charge in [0.05, 0.1) is 0 Å². The fourth-order valence-corrected chi connectivity index (χ4v) is 2.07. The topological polar surface area (TPSA) is 15.3 Å². The zero-order chi connectivity index (χ0) is 10.6. The van der Waals surface area contributed by atoms with Crippen LogP contribution >= 0.6 is 0 Å². The van der Waals surface area contributed by atoms with Crippen molar-refractivity contribution in [3.05, 3.63) is 12.2 Å². The minimum Gasteiger partial charge on any atom is -0.309 e. The molecule has 0 amide bonds. The quantitative estimate of drug-likeness (QED) is 0.695. The molecule has 1 aliphatic rings. The van der Waals surface area contributed by atoms with E-state index in [1.54, 1.807) is 0 Å². The van der Waals surface area contributed by atoms with E-state index in [9.17, 15) is 0 Å². The number of nitrogens with zero attached hydrogens (tertiary/aromatic N) is 1. The molecule has 1 saturated heterocycles. The number of piperazine rings is 1. The van der Waals surface area contributed by atoms with E-state index in [1.807, 2.05) is 0 Å². The molecular formula is C12H24N2. The highest BCUT2D eigenvalue weighted by Crippen LogP contribution is 2.16. The first-order valence-corrected chi connectivity index (χ1v) is 5.69. The lowest BCUT2D eigenvalue weighted by Crippen LogP contribution is -2.61. The molecule has 0 radical (unpaired) electrons. The molecule has 1 atom stereocenters. The van der Waals surface area contributed by atoms with Crippen LogP contribution in [0.1, 0.15) is 34.1 Å². The minimum absolute atomic E-state index is 0.271. The Morgan fingerprint density at radius 2 is 2.21 bits per heavy atom. The van der Waals surface area contributed by atoms with Crippen molar-refractivity contribution in [1.29, 1.82) is 0 Å². The summed E-state index contributed by atoms with van der Waals surface area (Å²) in [6.07, 6.45) is 5.63. The molecule has 0 aromatic rings. The molecule has 0 bridgehead atoms. The number of hydrogen-bond donors (Lipinski definition) is 1. The molecule has 1 fully saturated rings. The molecular weight excluding hydrogens is 172 g/mol. The van der Waals surface area contributed by atoms with Gasteiger partial charge in [-0.3, -0.25) is 4.90 Å². The molecule has 0 saturated carbocycles. The van der Waals surface area contributed by atoms with Gasteiger partial charge in [0.25, 0.3) is 0 Å². The first-order valence-electron chi connectivity index (χ1n) is 5.69. The molecule has 14 heavy (non-hydrogen) atoms. The van der Waals surface area contributed by atoms with Gasteiger partial charge in [-0.25, -0.2) is 0 Å². The average molecular weight is 196 g/mol. The summed E-state index contributed by atoms with van der Waals surface area (Å²) in [5.41, 5.74) is 0.271. The highest BCUT2D eigenvalue weighted by atomic mass is 15.2. The second-order valence-corrected chi connectivity index (χ2v) is 4.83. The third-order valence-corrected chi connectivity index (χ3v) is 2.98. The van der Waals surface area contributed by atoms with Gasteiger partial charge in [-0.2, -0.15) is 0 Å².